The minimum atomic E-state index is 0.870. The van der Waals surface area contributed by atoms with Crippen molar-refractivity contribution in [3.8, 4) is 0 Å². The van der Waals surface area contributed by atoms with Gasteiger partial charge in [-0.2, -0.15) is 0 Å². The van der Waals surface area contributed by atoms with Crippen LogP contribution in [0.2, 0.25) is 0 Å². The standard InChI is InChI=1S/C2H3BPS/c1-2-3-4-5/h2H,1H2/q+1. The Hall–Kier alpha value is 0.455. The fourth-order valence-electron chi connectivity index (χ4n) is 0.0430. The van der Waals surface area contributed by atoms with E-state index < -0.39 is 0 Å². The van der Waals surface area contributed by atoms with Crippen LogP contribution in [-0.2, 0) is 11.8 Å². The van der Waals surface area contributed by atoms with Crippen molar-refractivity contribution in [2.75, 3.05) is 0 Å². The molecule has 0 heterocycles. The van der Waals surface area contributed by atoms with E-state index in [1.165, 1.54) is 0 Å². The molecule has 0 unspecified atom stereocenters. The summed E-state index contributed by atoms with van der Waals surface area (Å²) in [4.78, 5) is 0. The van der Waals surface area contributed by atoms with Crippen LogP contribution in [0.4, 0.5) is 0 Å². The van der Waals surface area contributed by atoms with E-state index in [0.717, 1.165) is 6.85 Å². The van der Waals surface area contributed by atoms with Gasteiger partial charge in [0, 0.05) is 0 Å². The molecule has 0 aliphatic heterocycles. The van der Waals surface area contributed by atoms with Crippen molar-refractivity contribution in [2.45, 2.75) is 0 Å². The average Bonchev–Trinajstić information content (AvgIpc) is 1.41. The predicted octanol–water partition coefficient (Wildman–Crippen LogP) is 1.16. The second-order valence-corrected chi connectivity index (χ2v) is 1.63. The van der Waals surface area contributed by atoms with Gasteiger partial charge in [-0.15, -0.1) is 0 Å². The SMILES string of the molecule is C=CB=[P+]=S. The Balaban J connectivity index is 3.31. The predicted molar refractivity (Wildman–Crippen MR) is 30.2 cm³/mol. The molecule has 0 nitrogen and oxygen atoms in total. The van der Waals surface area contributed by atoms with Crippen LogP contribution in [0.3, 0.4) is 0 Å². The van der Waals surface area contributed by atoms with Gasteiger partial charge in [0.2, 0.25) is 0 Å². The van der Waals surface area contributed by atoms with Gasteiger partial charge < -0.3 is 0 Å². The average molecular weight is 101 g/mol. The second-order valence-electron chi connectivity index (χ2n) is 0.490. The van der Waals surface area contributed by atoms with Gasteiger partial charge in [0.05, 0.1) is 0 Å². The van der Waals surface area contributed by atoms with Crippen LogP contribution < -0.4 is 0 Å². The summed E-state index contributed by atoms with van der Waals surface area (Å²) in [6.07, 6.45) is 0. The van der Waals surface area contributed by atoms with Crippen LogP contribution in [-0.4, -0.2) is 6.62 Å². The molecule has 0 aromatic carbocycles. The molecule has 0 aromatic heterocycles. The first-order valence-electron chi connectivity index (χ1n) is 1.18. The Bertz CT molecular complexity index is 73.7. The van der Waals surface area contributed by atoms with Gasteiger partial charge in [0.1, 0.15) is 0 Å². The molecule has 0 saturated carbocycles. The van der Waals surface area contributed by atoms with Gasteiger partial charge in [-0.1, -0.05) is 0 Å². The summed E-state index contributed by atoms with van der Waals surface area (Å²) < 4.78 is 0. The van der Waals surface area contributed by atoms with E-state index in [9.17, 15) is 0 Å². The number of rotatable bonds is 1. The molecule has 0 saturated heterocycles. The Morgan fingerprint density at radius 1 is 2.00 bits per heavy atom. The maximum atomic E-state index is 4.50. The molecule has 0 amide bonds. The molecular weight excluding hydrogens is 97.9 g/mol. The molecule has 0 radical (unpaired) electrons. The van der Waals surface area contributed by atoms with Gasteiger partial charge >= 0.3 is 37.8 Å². The Morgan fingerprint density at radius 3 is 2.60 bits per heavy atom. The van der Waals surface area contributed by atoms with E-state index >= 15 is 0 Å². The normalized spacial score (nSPS) is 4.80. The van der Waals surface area contributed by atoms with Crippen LogP contribution in [0, 0.1) is 0 Å². The Morgan fingerprint density at radius 2 is 2.60 bits per heavy atom. The third-order valence-electron chi connectivity index (χ3n) is 0.166. The van der Waals surface area contributed by atoms with Gasteiger partial charge in [-0.3, -0.25) is 0 Å². The van der Waals surface area contributed by atoms with Crippen molar-refractivity contribution in [3.63, 3.8) is 0 Å². The van der Waals surface area contributed by atoms with E-state index in [2.05, 4.69) is 18.4 Å². The molecule has 0 bridgehead atoms. The first kappa shape index (κ1) is 5.45. The minimum absolute atomic E-state index is 0.870. The Labute approximate surface area is 38.5 Å². The van der Waals surface area contributed by atoms with Crippen molar-refractivity contribution in [1.29, 1.82) is 0 Å². The summed E-state index contributed by atoms with van der Waals surface area (Å²) in [5.41, 5.74) is 0. The van der Waals surface area contributed by atoms with Crippen molar-refractivity contribution >= 4 is 25.3 Å². The van der Waals surface area contributed by atoms with Gasteiger partial charge in [-0.05, 0) is 0 Å². The third kappa shape index (κ3) is 4.45. The fourth-order valence-corrected chi connectivity index (χ4v) is 0.387. The van der Waals surface area contributed by atoms with Gasteiger partial charge in [-0.25, -0.2) is 0 Å². The van der Waals surface area contributed by atoms with E-state index in [4.69, 9.17) is 0 Å². The van der Waals surface area contributed by atoms with Crippen molar-refractivity contribution < 1.29 is 0 Å². The zero-order valence-corrected chi connectivity index (χ0v) is 4.43. The topological polar surface area (TPSA) is 0 Å². The van der Waals surface area contributed by atoms with Crippen LogP contribution >= 0.6 is 6.85 Å². The maximum absolute atomic E-state index is 4.50. The molecule has 0 spiro atoms. The molecule has 0 aliphatic carbocycles. The third-order valence-corrected chi connectivity index (χ3v) is 0.864. The van der Waals surface area contributed by atoms with E-state index in [1.807, 2.05) is 0 Å². The van der Waals surface area contributed by atoms with Crippen LogP contribution in [0.1, 0.15) is 0 Å². The summed E-state index contributed by atoms with van der Waals surface area (Å²) in [7, 11) is 0. The van der Waals surface area contributed by atoms with Gasteiger partial charge in [0.25, 0.3) is 0 Å². The zero-order chi connectivity index (χ0) is 4.12. The first-order chi connectivity index (χ1) is 2.41. The van der Waals surface area contributed by atoms with Crippen LogP contribution in [0.25, 0.3) is 0 Å². The molecule has 0 atom stereocenters. The van der Waals surface area contributed by atoms with Crippen LogP contribution in [0.15, 0.2) is 12.6 Å². The zero-order valence-electron chi connectivity index (χ0n) is 2.72. The molecule has 0 fully saturated rings. The molecule has 5 heavy (non-hydrogen) atoms. The molecular formula is C2H3BPS+. The van der Waals surface area contributed by atoms with Crippen molar-refractivity contribution in [3.05, 3.63) is 12.6 Å². The number of hydrogen-bond donors (Lipinski definition) is 0. The molecule has 0 N–H and O–H groups in total. The first-order valence-corrected chi connectivity index (χ1v) is 3.16. The van der Waals surface area contributed by atoms with E-state index in [0.29, 0.717) is 0 Å². The van der Waals surface area contributed by atoms with Crippen molar-refractivity contribution in [1.82, 2.24) is 0 Å². The summed E-state index contributed by atoms with van der Waals surface area (Å²) >= 11 is 4.50. The van der Waals surface area contributed by atoms with E-state index in [-0.39, 0.29) is 0 Å². The molecule has 0 aromatic rings. The summed E-state index contributed by atoms with van der Waals surface area (Å²) in [6, 6.07) is 0. The molecule has 3 heteroatoms. The van der Waals surface area contributed by atoms with Crippen molar-refractivity contribution in [2.24, 2.45) is 0 Å². The van der Waals surface area contributed by atoms with E-state index in [1.54, 1.807) is 12.6 Å². The molecule has 0 rings (SSSR count). The second kappa shape index (κ2) is 4.45. The molecule has 0 aliphatic rings. The fraction of sp³-hybridized carbons (Fsp3) is 0. The quantitative estimate of drug-likeness (QED) is 0.352. The summed E-state index contributed by atoms with van der Waals surface area (Å²) in [5.74, 6) is 1.69. The number of hydrogen-bond acceptors (Lipinski definition) is 1. The van der Waals surface area contributed by atoms with Gasteiger partial charge in [0.15, 0.2) is 0 Å². The molecule has 24 valence electrons. The summed E-state index contributed by atoms with van der Waals surface area (Å²) in [5, 5.41) is 0. The summed E-state index contributed by atoms with van der Waals surface area (Å²) in [6.45, 7) is 6.09. The monoisotopic (exact) mass is 101 g/mol. The Kier molecular flexibility index (Phi) is 4.86. The van der Waals surface area contributed by atoms with Crippen LogP contribution in [0.5, 0.6) is 0 Å².